The lowest BCUT2D eigenvalue weighted by Gasteiger charge is -2.37. The molecule has 4 aromatic heterocycles. The van der Waals surface area contributed by atoms with Gasteiger partial charge in [-0.25, -0.2) is 19.9 Å². The van der Waals surface area contributed by atoms with Gasteiger partial charge in [0.2, 0.25) is 0 Å². The molecule has 5 heterocycles. The highest BCUT2D eigenvalue weighted by Crippen LogP contribution is 2.44. The van der Waals surface area contributed by atoms with Crippen LogP contribution in [0.2, 0.25) is 0 Å². The first kappa shape index (κ1) is 19.8. The maximum atomic E-state index is 5.17. The van der Waals surface area contributed by atoms with Gasteiger partial charge in [-0.3, -0.25) is 4.98 Å². The SMILES string of the molecule is CCn1ccnc1[C@H]1CCCCN1c1nc(-c2cnccn2)nc2sc3c(c12)CCCC3. The van der Waals surface area contributed by atoms with Crippen LogP contribution in [0.3, 0.4) is 0 Å². The predicted octanol–water partition coefficient (Wildman–Crippen LogP) is 4.98. The lowest BCUT2D eigenvalue weighted by Crippen LogP contribution is -2.36. The summed E-state index contributed by atoms with van der Waals surface area (Å²) in [7, 11) is 0. The largest absolute Gasteiger partial charge is 0.346 e. The molecule has 164 valence electrons. The summed E-state index contributed by atoms with van der Waals surface area (Å²) in [5, 5.41) is 1.26. The normalized spacial score (nSPS) is 18.8. The fourth-order valence-corrected chi connectivity index (χ4v) is 6.47. The number of thiophene rings is 1. The highest BCUT2D eigenvalue weighted by Gasteiger charge is 2.32. The van der Waals surface area contributed by atoms with Crippen LogP contribution in [0.15, 0.2) is 31.0 Å². The van der Waals surface area contributed by atoms with E-state index in [4.69, 9.17) is 15.0 Å². The lowest BCUT2D eigenvalue weighted by molar-refractivity contribution is 0.440. The standard InChI is InChI=1S/C24H27N7S/c1-2-30-14-12-27-22(30)18-8-5-6-13-31(18)23-20-16-7-3-4-9-19(16)32-24(20)29-21(28-23)17-15-25-10-11-26-17/h10-12,14-15,18H,2-9,13H2,1H3/t18-/m1/s1. The number of aromatic nitrogens is 6. The van der Waals surface area contributed by atoms with E-state index in [-0.39, 0.29) is 6.04 Å². The molecule has 6 rings (SSSR count). The summed E-state index contributed by atoms with van der Waals surface area (Å²) in [4.78, 5) is 28.8. The Morgan fingerprint density at radius 3 is 2.84 bits per heavy atom. The Morgan fingerprint density at radius 1 is 1.03 bits per heavy atom. The van der Waals surface area contributed by atoms with E-state index in [1.165, 1.54) is 41.5 Å². The monoisotopic (exact) mass is 445 g/mol. The molecule has 0 aromatic carbocycles. The third-order valence-electron chi connectivity index (χ3n) is 6.75. The lowest BCUT2D eigenvalue weighted by atomic mass is 9.95. The number of anilines is 1. The van der Waals surface area contributed by atoms with Crippen LogP contribution < -0.4 is 4.90 Å². The van der Waals surface area contributed by atoms with Crippen LogP contribution in [0, 0.1) is 0 Å². The molecule has 8 heteroatoms. The van der Waals surface area contributed by atoms with Crippen LogP contribution in [0.4, 0.5) is 5.82 Å². The van der Waals surface area contributed by atoms with Gasteiger partial charge in [0, 0.05) is 42.8 Å². The molecule has 1 fully saturated rings. The number of aryl methyl sites for hydroxylation is 3. The summed E-state index contributed by atoms with van der Waals surface area (Å²) in [6, 6.07) is 0.227. The van der Waals surface area contributed by atoms with Crippen molar-refractivity contribution in [3.63, 3.8) is 0 Å². The Hall–Kier alpha value is -2.87. The van der Waals surface area contributed by atoms with E-state index in [1.54, 1.807) is 18.6 Å². The number of nitrogens with zero attached hydrogens (tertiary/aromatic N) is 7. The molecule has 0 amide bonds. The van der Waals surface area contributed by atoms with E-state index in [9.17, 15) is 0 Å². The molecule has 1 aliphatic carbocycles. The zero-order chi connectivity index (χ0) is 21.5. The van der Waals surface area contributed by atoms with Crippen molar-refractivity contribution in [1.29, 1.82) is 0 Å². The molecular formula is C24H27N7S. The van der Waals surface area contributed by atoms with Gasteiger partial charge in [0.15, 0.2) is 5.82 Å². The molecule has 0 unspecified atom stereocenters. The van der Waals surface area contributed by atoms with Gasteiger partial charge in [-0.1, -0.05) is 0 Å². The molecule has 0 spiro atoms. The van der Waals surface area contributed by atoms with Crippen molar-refractivity contribution >= 4 is 27.4 Å². The molecule has 1 aliphatic heterocycles. The molecule has 4 aromatic rings. The van der Waals surface area contributed by atoms with Gasteiger partial charge in [-0.05, 0) is 57.4 Å². The minimum atomic E-state index is 0.227. The van der Waals surface area contributed by atoms with Crippen LogP contribution in [0.5, 0.6) is 0 Å². The summed E-state index contributed by atoms with van der Waals surface area (Å²) in [5.41, 5.74) is 2.20. The second-order valence-corrected chi connectivity index (χ2v) is 9.71. The van der Waals surface area contributed by atoms with Gasteiger partial charge >= 0.3 is 0 Å². The van der Waals surface area contributed by atoms with Crippen molar-refractivity contribution in [2.45, 2.75) is 64.5 Å². The van der Waals surface area contributed by atoms with Gasteiger partial charge in [-0.2, -0.15) is 0 Å². The second kappa shape index (κ2) is 8.24. The maximum Gasteiger partial charge on any atom is 0.183 e. The third-order valence-corrected chi connectivity index (χ3v) is 7.93. The van der Waals surface area contributed by atoms with Crippen LogP contribution >= 0.6 is 11.3 Å². The Morgan fingerprint density at radius 2 is 1.97 bits per heavy atom. The van der Waals surface area contributed by atoms with Gasteiger partial charge < -0.3 is 9.47 Å². The number of rotatable bonds is 4. The van der Waals surface area contributed by atoms with E-state index >= 15 is 0 Å². The van der Waals surface area contributed by atoms with Crippen molar-refractivity contribution in [3.8, 4) is 11.5 Å². The minimum absolute atomic E-state index is 0.227. The zero-order valence-electron chi connectivity index (χ0n) is 18.4. The minimum Gasteiger partial charge on any atom is -0.346 e. The van der Waals surface area contributed by atoms with Gasteiger partial charge in [0.1, 0.15) is 22.2 Å². The first-order chi connectivity index (χ1) is 15.8. The maximum absolute atomic E-state index is 5.17. The Labute approximate surface area is 191 Å². The number of piperidine rings is 1. The van der Waals surface area contributed by atoms with E-state index in [1.807, 2.05) is 17.5 Å². The molecule has 7 nitrogen and oxygen atoms in total. The number of imidazole rings is 1. The summed E-state index contributed by atoms with van der Waals surface area (Å²) < 4.78 is 2.27. The average Bonchev–Trinajstić information content (AvgIpc) is 3.48. The summed E-state index contributed by atoms with van der Waals surface area (Å²) >= 11 is 1.85. The fraction of sp³-hybridized carbons (Fsp3) is 0.458. The quantitative estimate of drug-likeness (QED) is 0.441. The van der Waals surface area contributed by atoms with Crippen LogP contribution in [-0.2, 0) is 19.4 Å². The average molecular weight is 446 g/mol. The molecule has 2 aliphatic rings. The Balaban J connectivity index is 1.56. The molecule has 0 N–H and O–H groups in total. The summed E-state index contributed by atoms with van der Waals surface area (Å²) in [6.45, 7) is 4.10. The van der Waals surface area contributed by atoms with Gasteiger partial charge in [-0.15, -0.1) is 11.3 Å². The van der Waals surface area contributed by atoms with Crippen LogP contribution in [0.1, 0.15) is 61.3 Å². The summed E-state index contributed by atoms with van der Waals surface area (Å²) in [6.07, 6.45) is 17.4. The van der Waals surface area contributed by atoms with Crippen molar-refractivity contribution in [2.24, 2.45) is 0 Å². The Kier molecular flexibility index (Phi) is 5.09. The molecule has 1 saturated heterocycles. The van der Waals surface area contributed by atoms with E-state index in [2.05, 4.69) is 32.6 Å². The Bertz CT molecular complexity index is 1250. The first-order valence-corrected chi connectivity index (χ1v) is 12.5. The number of fused-ring (bicyclic) bond motifs is 3. The molecule has 0 bridgehead atoms. The van der Waals surface area contributed by atoms with E-state index in [0.29, 0.717) is 5.82 Å². The molecule has 0 radical (unpaired) electrons. The van der Waals surface area contributed by atoms with Crippen LogP contribution in [-0.4, -0.2) is 36.0 Å². The first-order valence-electron chi connectivity index (χ1n) is 11.7. The topological polar surface area (TPSA) is 72.6 Å². The van der Waals surface area contributed by atoms with Crippen molar-refractivity contribution in [3.05, 3.63) is 47.2 Å². The molecule has 32 heavy (non-hydrogen) atoms. The number of hydrogen-bond donors (Lipinski definition) is 0. The predicted molar refractivity (Wildman–Crippen MR) is 127 cm³/mol. The van der Waals surface area contributed by atoms with E-state index < -0.39 is 0 Å². The molecule has 0 saturated carbocycles. The fourth-order valence-electron chi connectivity index (χ4n) is 5.21. The van der Waals surface area contributed by atoms with Crippen LogP contribution in [0.25, 0.3) is 21.7 Å². The zero-order valence-corrected chi connectivity index (χ0v) is 19.2. The smallest absolute Gasteiger partial charge is 0.183 e. The number of hydrogen-bond acceptors (Lipinski definition) is 7. The van der Waals surface area contributed by atoms with Crippen molar-refractivity contribution < 1.29 is 0 Å². The molecular weight excluding hydrogens is 418 g/mol. The molecule has 1 atom stereocenters. The highest BCUT2D eigenvalue weighted by molar-refractivity contribution is 7.19. The van der Waals surface area contributed by atoms with Crippen molar-refractivity contribution in [2.75, 3.05) is 11.4 Å². The third kappa shape index (κ3) is 3.28. The highest BCUT2D eigenvalue weighted by atomic mass is 32.1. The van der Waals surface area contributed by atoms with Gasteiger partial charge in [0.25, 0.3) is 0 Å². The summed E-state index contributed by atoms with van der Waals surface area (Å²) in [5.74, 6) is 2.87. The second-order valence-electron chi connectivity index (χ2n) is 8.63. The van der Waals surface area contributed by atoms with Gasteiger partial charge in [0.05, 0.1) is 17.6 Å². The van der Waals surface area contributed by atoms with E-state index in [0.717, 1.165) is 54.5 Å². The van der Waals surface area contributed by atoms with Crippen molar-refractivity contribution in [1.82, 2.24) is 29.5 Å².